The van der Waals surface area contributed by atoms with Crippen LogP contribution in [0.2, 0.25) is 5.15 Å². The molecule has 7 heteroatoms. The Hall–Kier alpha value is -2.47. The number of nitrogens with two attached hydrogens (primary N) is 1. The predicted molar refractivity (Wildman–Crippen MR) is 76.1 cm³/mol. The second kappa shape index (κ2) is 6.12. The molecule has 0 fully saturated rings. The molecule has 2 N–H and O–H groups in total. The van der Waals surface area contributed by atoms with Crippen LogP contribution in [-0.4, -0.2) is 25.4 Å². The first kappa shape index (κ1) is 14.0. The van der Waals surface area contributed by atoms with Crippen LogP contribution in [0.3, 0.4) is 0 Å². The molecule has 2 aromatic heterocycles. The van der Waals surface area contributed by atoms with Gasteiger partial charge in [-0.15, -0.1) is 0 Å². The number of hydrogen-bond acceptors (Lipinski definition) is 4. The molecule has 0 aliphatic heterocycles. The van der Waals surface area contributed by atoms with Gasteiger partial charge in [0.15, 0.2) is 5.82 Å². The second-order valence-corrected chi connectivity index (χ2v) is 4.24. The zero-order valence-corrected chi connectivity index (χ0v) is 11.4. The second-order valence-electron chi connectivity index (χ2n) is 3.85. The number of rotatable bonds is 4. The summed E-state index contributed by atoms with van der Waals surface area (Å²) in [5, 5.41) is 0.273. The van der Waals surface area contributed by atoms with E-state index < -0.39 is 5.91 Å². The third kappa shape index (κ3) is 3.10. The number of aromatic nitrogens is 4. The lowest BCUT2D eigenvalue weighted by Crippen LogP contribution is -2.12. The fourth-order valence-electron chi connectivity index (χ4n) is 1.59. The molecule has 2 rings (SSSR count). The smallest absolute Gasteiger partial charge is 0.248 e. The van der Waals surface area contributed by atoms with Gasteiger partial charge >= 0.3 is 0 Å². The lowest BCUT2D eigenvalue weighted by atomic mass is 10.2. The number of amides is 1. The van der Waals surface area contributed by atoms with E-state index in [-0.39, 0.29) is 5.15 Å². The Morgan fingerprint density at radius 1 is 1.35 bits per heavy atom. The summed E-state index contributed by atoms with van der Waals surface area (Å²) < 4.78 is 1.66. The van der Waals surface area contributed by atoms with Crippen molar-refractivity contribution in [3.8, 4) is 5.82 Å². The number of halogens is 1. The van der Waals surface area contributed by atoms with Gasteiger partial charge in [0.1, 0.15) is 11.5 Å². The van der Waals surface area contributed by atoms with Crippen LogP contribution in [0.5, 0.6) is 0 Å². The third-order valence-electron chi connectivity index (χ3n) is 2.44. The maximum absolute atomic E-state index is 11.3. The minimum Gasteiger partial charge on any atom is -0.366 e. The lowest BCUT2D eigenvalue weighted by Gasteiger charge is -2.04. The van der Waals surface area contributed by atoms with Gasteiger partial charge in [-0.1, -0.05) is 23.8 Å². The SMILES string of the molecule is C/C=C\C(=C/c1cncn1-c1cncc(Cl)n1)C(N)=O. The Bertz CT molecular complexity index is 690. The first-order chi connectivity index (χ1) is 9.61. The number of imidazole rings is 1. The summed E-state index contributed by atoms with van der Waals surface area (Å²) in [5.74, 6) is -0.0152. The zero-order chi connectivity index (χ0) is 14.5. The van der Waals surface area contributed by atoms with Crippen LogP contribution in [0.15, 0.2) is 42.6 Å². The van der Waals surface area contributed by atoms with E-state index in [1.807, 2.05) is 0 Å². The van der Waals surface area contributed by atoms with Gasteiger partial charge in [0.2, 0.25) is 5.91 Å². The van der Waals surface area contributed by atoms with Crippen molar-refractivity contribution >= 4 is 23.6 Å². The van der Waals surface area contributed by atoms with Crippen molar-refractivity contribution in [1.82, 2.24) is 19.5 Å². The molecule has 0 radical (unpaired) electrons. The molecule has 0 aliphatic rings. The number of hydrogen-bond donors (Lipinski definition) is 1. The molecular weight excluding hydrogens is 278 g/mol. The van der Waals surface area contributed by atoms with Crippen molar-refractivity contribution in [2.24, 2.45) is 5.73 Å². The largest absolute Gasteiger partial charge is 0.366 e. The Kier molecular flexibility index (Phi) is 4.27. The van der Waals surface area contributed by atoms with Gasteiger partial charge in [-0.25, -0.2) is 9.97 Å². The number of allylic oxidation sites excluding steroid dienone is 1. The van der Waals surface area contributed by atoms with Crippen LogP contribution in [0.25, 0.3) is 11.9 Å². The van der Waals surface area contributed by atoms with Gasteiger partial charge < -0.3 is 5.73 Å². The highest BCUT2D eigenvalue weighted by Crippen LogP contribution is 2.14. The fraction of sp³-hybridized carbons (Fsp3) is 0.0769. The van der Waals surface area contributed by atoms with Crippen LogP contribution in [0.4, 0.5) is 0 Å². The number of primary amides is 1. The number of carbonyl (C=O) groups is 1. The van der Waals surface area contributed by atoms with Crippen LogP contribution in [0.1, 0.15) is 12.6 Å². The van der Waals surface area contributed by atoms with Gasteiger partial charge in [0.25, 0.3) is 0 Å². The zero-order valence-electron chi connectivity index (χ0n) is 10.7. The summed E-state index contributed by atoms with van der Waals surface area (Å²) in [4.78, 5) is 23.5. The van der Waals surface area contributed by atoms with Gasteiger partial charge in [0.05, 0.1) is 24.3 Å². The molecule has 2 heterocycles. The van der Waals surface area contributed by atoms with Crippen molar-refractivity contribution in [3.05, 3.63) is 53.5 Å². The predicted octanol–water partition coefficient (Wildman–Crippen LogP) is 1.76. The van der Waals surface area contributed by atoms with E-state index in [1.54, 1.807) is 48.4 Å². The molecule has 0 bridgehead atoms. The van der Waals surface area contributed by atoms with E-state index >= 15 is 0 Å². The molecule has 20 heavy (non-hydrogen) atoms. The van der Waals surface area contributed by atoms with Crippen molar-refractivity contribution < 1.29 is 4.79 Å². The minimum absolute atomic E-state index is 0.273. The van der Waals surface area contributed by atoms with Crippen LogP contribution in [0, 0.1) is 0 Å². The van der Waals surface area contributed by atoms with Crippen molar-refractivity contribution in [2.75, 3.05) is 0 Å². The van der Waals surface area contributed by atoms with E-state index in [0.29, 0.717) is 17.1 Å². The van der Waals surface area contributed by atoms with Gasteiger partial charge in [-0.05, 0) is 13.0 Å². The first-order valence-electron chi connectivity index (χ1n) is 5.76. The number of nitrogens with zero attached hydrogens (tertiary/aromatic N) is 4. The molecule has 0 unspecified atom stereocenters. The molecule has 0 spiro atoms. The molecule has 6 nitrogen and oxygen atoms in total. The van der Waals surface area contributed by atoms with Crippen molar-refractivity contribution in [3.63, 3.8) is 0 Å². The Balaban J connectivity index is 2.48. The average Bonchev–Trinajstić information content (AvgIpc) is 2.86. The molecular formula is C13H12ClN5O. The number of carbonyl (C=O) groups excluding carboxylic acids is 1. The van der Waals surface area contributed by atoms with Crippen molar-refractivity contribution in [1.29, 1.82) is 0 Å². The highest BCUT2D eigenvalue weighted by atomic mass is 35.5. The molecule has 102 valence electrons. The maximum Gasteiger partial charge on any atom is 0.248 e. The quantitative estimate of drug-likeness (QED) is 0.686. The standard InChI is InChI=1S/C13H12ClN5O/c1-2-3-9(13(15)20)4-10-5-17-8-19(10)12-7-16-6-11(14)18-12/h2-8H,1H3,(H2,15,20)/b3-2-,9-4+. The topological polar surface area (TPSA) is 86.7 Å². The summed E-state index contributed by atoms with van der Waals surface area (Å²) in [6.07, 6.45) is 11.1. The fourth-order valence-corrected chi connectivity index (χ4v) is 1.74. The minimum atomic E-state index is -0.520. The summed E-state index contributed by atoms with van der Waals surface area (Å²) in [6.45, 7) is 1.80. The Morgan fingerprint density at radius 2 is 2.15 bits per heavy atom. The summed E-state index contributed by atoms with van der Waals surface area (Å²) in [5.41, 5.74) is 6.33. The molecule has 0 aromatic carbocycles. The summed E-state index contributed by atoms with van der Waals surface area (Å²) in [7, 11) is 0. The van der Waals surface area contributed by atoms with E-state index in [9.17, 15) is 4.79 Å². The molecule has 1 amide bonds. The molecule has 0 aliphatic carbocycles. The van der Waals surface area contributed by atoms with Crippen molar-refractivity contribution in [2.45, 2.75) is 6.92 Å². The van der Waals surface area contributed by atoms with E-state index in [2.05, 4.69) is 15.0 Å². The van der Waals surface area contributed by atoms with Gasteiger partial charge in [-0.2, -0.15) is 0 Å². The molecule has 0 saturated carbocycles. The average molecular weight is 290 g/mol. The monoisotopic (exact) mass is 289 g/mol. The van der Waals surface area contributed by atoms with Crippen LogP contribution >= 0.6 is 11.6 Å². The lowest BCUT2D eigenvalue weighted by molar-refractivity contribution is -0.114. The summed E-state index contributed by atoms with van der Waals surface area (Å²) in [6, 6.07) is 0. The molecule has 0 atom stereocenters. The maximum atomic E-state index is 11.3. The van der Waals surface area contributed by atoms with Crippen LogP contribution in [-0.2, 0) is 4.79 Å². The summed E-state index contributed by atoms with van der Waals surface area (Å²) >= 11 is 5.81. The molecule has 0 saturated heterocycles. The van der Waals surface area contributed by atoms with E-state index in [0.717, 1.165) is 0 Å². The van der Waals surface area contributed by atoms with Gasteiger partial charge in [0, 0.05) is 5.57 Å². The van der Waals surface area contributed by atoms with E-state index in [4.69, 9.17) is 17.3 Å². The van der Waals surface area contributed by atoms with Crippen LogP contribution < -0.4 is 5.73 Å². The highest BCUT2D eigenvalue weighted by molar-refractivity contribution is 6.29. The normalized spacial score (nSPS) is 12.0. The highest BCUT2D eigenvalue weighted by Gasteiger charge is 2.07. The van der Waals surface area contributed by atoms with E-state index in [1.165, 1.54) is 6.20 Å². The molecule has 2 aromatic rings. The first-order valence-corrected chi connectivity index (χ1v) is 6.14. The third-order valence-corrected chi connectivity index (χ3v) is 2.62. The Morgan fingerprint density at radius 3 is 2.80 bits per heavy atom. The van der Waals surface area contributed by atoms with Gasteiger partial charge in [-0.3, -0.25) is 14.3 Å². The Labute approximate surface area is 120 Å².